The number of carbonyl (C=O) groups is 1. The van der Waals surface area contributed by atoms with Gasteiger partial charge in [0.25, 0.3) is 0 Å². The number of hydrogen-bond acceptors (Lipinski definition) is 4. The molecule has 17 heavy (non-hydrogen) atoms. The van der Waals surface area contributed by atoms with E-state index in [2.05, 4.69) is 9.73 Å². The molecule has 0 spiro atoms. The lowest BCUT2D eigenvalue weighted by Gasteiger charge is -2.20. The summed E-state index contributed by atoms with van der Waals surface area (Å²) in [5.41, 5.74) is 1.54. The molecule has 0 unspecified atom stereocenters. The first-order valence-electron chi connectivity index (χ1n) is 5.21. The third kappa shape index (κ3) is 3.02. The Balaban J connectivity index is 3.37. The van der Waals surface area contributed by atoms with Crippen LogP contribution in [-0.4, -0.2) is 19.2 Å². The molecule has 0 amide bonds. The second-order valence-electron chi connectivity index (χ2n) is 4.68. The topological polar surface area (TPSA) is 55.7 Å². The van der Waals surface area contributed by atoms with E-state index in [1.165, 1.54) is 19.3 Å². The lowest BCUT2D eigenvalue weighted by atomic mass is 9.85. The van der Waals surface area contributed by atoms with E-state index < -0.39 is 5.97 Å². The van der Waals surface area contributed by atoms with Gasteiger partial charge in [0.05, 0.1) is 18.4 Å². The van der Waals surface area contributed by atoms with Crippen LogP contribution in [0.2, 0.25) is 0 Å². The van der Waals surface area contributed by atoms with Gasteiger partial charge >= 0.3 is 5.97 Å². The zero-order valence-electron chi connectivity index (χ0n) is 10.4. The highest BCUT2D eigenvalue weighted by atomic mass is 16.5. The van der Waals surface area contributed by atoms with Crippen molar-refractivity contribution in [3.63, 3.8) is 0 Å². The quantitative estimate of drug-likeness (QED) is 0.448. The highest BCUT2D eigenvalue weighted by Gasteiger charge is 2.19. The van der Waals surface area contributed by atoms with Gasteiger partial charge in [0.2, 0.25) is 6.08 Å². The monoisotopic (exact) mass is 233 g/mol. The van der Waals surface area contributed by atoms with Gasteiger partial charge in [-0.15, -0.1) is 0 Å². The van der Waals surface area contributed by atoms with Crippen molar-refractivity contribution < 1.29 is 14.3 Å². The molecule has 0 radical (unpaired) electrons. The Hall–Kier alpha value is -1.93. The summed E-state index contributed by atoms with van der Waals surface area (Å²) in [5, 5.41) is 0. The van der Waals surface area contributed by atoms with Gasteiger partial charge in [-0.25, -0.2) is 9.59 Å². The van der Waals surface area contributed by atoms with Crippen molar-refractivity contribution in [3.05, 3.63) is 29.3 Å². The Labute approximate surface area is 100 Å². The number of nitrogens with zero attached hydrogens (tertiary/aromatic N) is 1. The van der Waals surface area contributed by atoms with Gasteiger partial charge in [0.1, 0.15) is 0 Å². The van der Waals surface area contributed by atoms with Gasteiger partial charge in [-0.1, -0.05) is 26.8 Å². The summed E-state index contributed by atoms with van der Waals surface area (Å²) in [7, 11) is 1.31. The predicted octanol–water partition coefficient (Wildman–Crippen LogP) is 2.74. The fraction of sp³-hybridized carbons (Fsp3) is 0.385. The Morgan fingerprint density at radius 1 is 1.35 bits per heavy atom. The second-order valence-corrected chi connectivity index (χ2v) is 4.68. The third-order valence-corrected chi connectivity index (χ3v) is 2.39. The number of ether oxygens (including phenoxy) is 1. The number of isocyanates is 1. The van der Waals surface area contributed by atoms with E-state index in [0.29, 0.717) is 11.3 Å². The van der Waals surface area contributed by atoms with Crippen LogP contribution in [0.5, 0.6) is 0 Å². The number of methoxy groups -OCH3 is 1. The molecule has 0 bridgehead atoms. The van der Waals surface area contributed by atoms with Gasteiger partial charge in [-0.05, 0) is 23.1 Å². The number of carbonyl (C=O) groups excluding carboxylic acids is 2. The summed E-state index contributed by atoms with van der Waals surface area (Å²) in [6, 6.07) is 4.98. The van der Waals surface area contributed by atoms with E-state index in [4.69, 9.17) is 0 Å². The van der Waals surface area contributed by atoms with E-state index in [-0.39, 0.29) is 5.41 Å². The van der Waals surface area contributed by atoms with E-state index in [1.807, 2.05) is 20.8 Å². The molecular formula is C13H15NO3. The van der Waals surface area contributed by atoms with Crippen molar-refractivity contribution in [3.8, 4) is 0 Å². The number of benzene rings is 1. The van der Waals surface area contributed by atoms with Crippen LogP contribution in [0.3, 0.4) is 0 Å². The highest BCUT2D eigenvalue weighted by Crippen LogP contribution is 2.32. The summed E-state index contributed by atoms with van der Waals surface area (Å²) >= 11 is 0. The average molecular weight is 233 g/mol. The normalized spacial score (nSPS) is 10.6. The van der Waals surface area contributed by atoms with Crippen molar-refractivity contribution in [2.45, 2.75) is 26.2 Å². The van der Waals surface area contributed by atoms with Gasteiger partial charge in [0, 0.05) is 0 Å². The molecule has 0 saturated carbocycles. The van der Waals surface area contributed by atoms with Crippen LogP contribution in [0.4, 0.5) is 5.69 Å². The molecule has 0 aliphatic carbocycles. The number of esters is 1. The maximum atomic E-state index is 11.4. The maximum Gasteiger partial charge on any atom is 0.337 e. The van der Waals surface area contributed by atoms with Crippen LogP contribution in [0.15, 0.2) is 23.2 Å². The van der Waals surface area contributed by atoms with Crippen molar-refractivity contribution in [2.75, 3.05) is 7.11 Å². The third-order valence-electron chi connectivity index (χ3n) is 2.39. The Bertz CT molecular complexity index is 480. The zero-order chi connectivity index (χ0) is 13.1. The molecule has 4 heteroatoms. The van der Waals surface area contributed by atoms with Crippen LogP contribution in [0, 0.1) is 0 Å². The van der Waals surface area contributed by atoms with Crippen molar-refractivity contribution >= 4 is 17.7 Å². The molecule has 0 heterocycles. The van der Waals surface area contributed by atoms with Crippen molar-refractivity contribution in [1.82, 2.24) is 0 Å². The number of aliphatic imine (C=N–C) groups is 1. The van der Waals surface area contributed by atoms with Crippen LogP contribution in [0.1, 0.15) is 36.7 Å². The molecule has 1 aromatic carbocycles. The summed E-state index contributed by atoms with van der Waals surface area (Å²) in [4.78, 5) is 25.4. The molecule has 0 aliphatic rings. The summed E-state index contributed by atoms with van der Waals surface area (Å²) in [6.07, 6.45) is 1.50. The van der Waals surface area contributed by atoms with Crippen LogP contribution in [-0.2, 0) is 14.9 Å². The molecule has 0 aromatic heterocycles. The molecule has 1 aromatic rings. The molecule has 0 aliphatic heterocycles. The smallest absolute Gasteiger partial charge is 0.337 e. The van der Waals surface area contributed by atoms with E-state index in [9.17, 15) is 9.59 Å². The Kier molecular flexibility index (Phi) is 3.81. The van der Waals surface area contributed by atoms with E-state index in [0.717, 1.165) is 5.56 Å². The Morgan fingerprint density at radius 3 is 2.47 bits per heavy atom. The molecule has 90 valence electrons. The van der Waals surface area contributed by atoms with Crippen LogP contribution >= 0.6 is 0 Å². The highest BCUT2D eigenvalue weighted by molar-refractivity contribution is 5.90. The first-order valence-corrected chi connectivity index (χ1v) is 5.21. The largest absolute Gasteiger partial charge is 0.465 e. The standard InChI is InChI=1S/C13H15NO3/c1-13(2,3)10-6-5-9(12(16)17-4)7-11(10)14-8-15/h5-7H,1-4H3. The minimum absolute atomic E-state index is 0.162. The fourth-order valence-corrected chi connectivity index (χ4v) is 1.55. The molecular weight excluding hydrogens is 218 g/mol. The first-order chi connectivity index (χ1) is 7.90. The zero-order valence-corrected chi connectivity index (χ0v) is 10.4. The molecule has 0 saturated heterocycles. The second kappa shape index (κ2) is 4.93. The van der Waals surface area contributed by atoms with Gasteiger partial charge in [0.15, 0.2) is 0 Å². The van der Waals surface area contributed by atoms with Gasteiger partial charge in [-0.3, -0.25) is 0 Å². The molecule has 0 N–H and O–H groups in total. The van der Waals surface area contributed by atoms with Gasteiger partial charge < -0.3 is 4.74 Å². The SMILES string of the molecule is COC(=O)c1ccc(C(C)(C)C)c(N=C=O)c1. The summed E-state index contributed by atoms with van der Waals surface area (Å²) < 4.78 is 4.62. The molecule has 4 nitrogen and oxygen atoms in total. The minimum atomic E-state index is -0.451. The minimum Gasteiger partial charge on any atom is -0.465 e. The summed E-state index contributed by atoms with van der Waals surface area (Å²) in [6.45, 7) is 6.01. The number of hydrogen-bond donors (Lipinski definition) is 0. The van der Waals surface area contributed by atoms with Gasteiger partial charge in [-0.2, -0.15) is 4.99 Å². The predicted molar refractivity (Wildman–Crippen MR) is 64.3 cm³/mol. The maximum absolute atomic E-state index is 11.4. The number of rotatable bonds is 2. The van der Waals surface area contributed by atoms with E-state index >= 15 is 0 Å². The Morgan fingerprint density at radius 2 is 2.00 bits per heavy atom. The van der Waals surface area contributed by atoms with Crippen molar-refractivity contribution in [2.24, 2.45) is 4.99 Å². The van der Waals surface area contributed by atoms with Crippen LogP contribution < -0.4 is 0 Å². The molecule has 0 fully saturated rings. The lowest BCUT2D eigenvalue weighted by molar-refractivity contribution is 0.0600. The first kappa shape index (κ1) is 13.1. The molecule has 1 rings (SSSR count). The summed E-state index contributed by atoms with van der Waals surface area (Å²) in [5.74, 6) is -0.451. The van der Waals surface area contributed by atoms with E-state index in [1.54, 1.807) is 12.1 Å². The van der Waals surface area contributed by atoms with Crippen LogP contribution in [0.25, 0.3) is 0 Å². The van der Waals surface area contributed by atoms with Crippen molar-refractivity contribution in [1.29, 1.82) is 0 Å². The lowest BCUT2D eigenvalue weighted by Crippen LogP contribution is -2.12. The molecule has 0 atom stereocenters. The average Bonchev–Trinajstić information content (AvgIpc) is 2.27. The fourth-order valence-electron chi connectivity index (χ4n) is 1.55.